The Balaban J connectivity index is 2.28. The lowest BCUT2D eigenvalue weighted by Crippen LogP contribution is -1.80. The summed E-state index contributed by atoms with van der Waals surface area (Å²) in [5.74, 6) is 0. The zero-order valence-electron chi connectivity index (χ0n) is 13.5. The van der Waals surface area contributed by atoms with Crippen molar-refractivity contribution in [3.05, 3.63) is 107 Å². The molecule has 0 aliphatic carbocycles. The standard InChI is InChI=1S/C22H18ClN/c1-18(16-17-24)6-5-9-21(20-7-3-2-4-8-20)13-10-19-11-14-22(23)15-12-19/h2-16H,1H3/b6-5+,13-10+,18-16+,21-9-. The highest BCUT2D eigenvalue weighted by atomic mass is 35.5. The molecule has 0 aliphatic heterocycles. The van der Waals surface area contributed by atoms with E-state index in [2.05, 4.69) is 24.3 Å². The average molecular weight is 332 g/mol. The second kappa shape index (κ2) is 9.35. The van der Waals surface area contributed by atoms with E-state index in [0.29, 0.717) is 0 Å². The third-order valence-corrected chi connectivity index (χ3v) is 3.61. The van der Waals surface area contributed by atoms with Gasteiger partial charge in [0.15, 0.2) is 0 Å². The van der Waals surface area contributed by atoms with Gasteiger partial charge in [-0.25, -0.2) is 0 Å². The third kappa shape index (κ3) is 5.76. The van der Waals surface area contributed by atoms with Crippen LogP contribution in [0.3, 0.4) is 0 Å². The van der Waals surface area contributed by atoms with Gasteiger partial charge in [-0.3, -0.25) is 0 Å². The molecule has 24 heavy (non-hydrogen) atoms. The molecule has 0 atom stereocenters. The summed E-state index contributed by atoms with van der Waals surface area (Å²) < 4.78 is 0. The summed E-state index contributed by atoms with van der Waals surface area (Å²) in [6, 6.07) is 19.9. The number of benzene rings is 2. The SMILES string of the molecule is CC(/C=C/C=C(/C=C/c1ccc(Cl)cc1)c1ccccc1)=C\C#N. The molecule has 0 saturated heterocycles. The van der Waals surface area contributed by atoms with Crippen LogP contribution in [0.1, 0.15) is 18.1 Å². The normalized spacial score (nSPS) is 12.7. The van der Waals surface area contributed by atoms with E-state index in [1.807, 2.05) is 73.7 Å². The van der Waals surface area contributed by atoms with Crippen LogP contribution in [0.15, 0.2) is 90.6 Å². The van der Waals surface area contributed by atoms with Crippen LogP contribution >= 0.6 is 11.6 Å². The average Bonchev–Trinajstić information content (AvgIpc) is 2.60. The van der Waals surface area contributed by atoms with Gasteiger partial charge >= 0.3 is 0 Å². The Morgan fingerprint density at radius 3 is 2.38 bits per heavy atom. The van der Waals surface area contributed by atoms with E-state index in [9.17, 15) is 0 Å². The maximum atomic E-state index is 8.66. The highest BCUT2D eigenvalue weighted by Crippen LogP contribution is 2.18. The fourth-order valence-corrected chi connectivity index (χ4v) is 2.22. The minimum atomic E-state index is 0.730. The van der Waals surface area contributed by atoms with Crippen molar-refractivity contribution in [3.63, 3.8) is 0 Å². The Kier molecular flexibility index (Phi) is 6.83. The van der Waals surface area contributed by atoms with E-state index in [-0.39, 0.29) is 0 Å². The molecule has 0 bridgehead atoms. The summed E-state index contributed by atoms with van der Waals surface area (Å²) >= 11 is 5.92. The Hall–Kier alpha value is -2.82. The molecule has 0 fully saturated rings. The van der Waals surface area contributed by atoms with Crippen molar-refractivity contribution in [3.8, 4) is 6.07 Å². The van der Waals surface area contributed by atoms with Gasteiger partial charge in [0.1, 0.15) is 0 Å². The predicted octanol–water partition coefficient (Wildman–Crippen LogP) is 6.46. The first-order chi connectivity index (χ1) is 11.7. The molecule has 0 N–H and O–H groups in total. The van der Waals surface area contributed by atoms with Crippen molar-refractivity contribution >= 4 is 23.3 Å². The molecule has 1 nitrogen and oxygen atoms in total. The highest BCUT2D eigenvalue weighted by molar-refractivity contribution is 6.30. The van der Waals surface area contributed by atoms with Crippen molar-refractivity contribution in [2.75, 3.05) is 0 Å². The van der Waals surface area contributed by atoms with Gasteiger partial charge in [0.2, 0.25) is 0 Å². The summed E-state index contributed by atoms with van der Waals surface area (Å²) in [4.78, 5) is 0. The molecule has 2 rings (SSSR count). The van der Waals surface area contributed by atoms with E-state index < -0.39 is 0 Å². The summed E-state index contributed by atoms with van der Waals surface area (Å²) in [5, 5.41) is 9.39. The Morgan fingerprint density at radius 2 is 1.71 bits per heavy atom. The fourth-order valence-electron chi connectivity index (χ4n) is 2.09. The van der Waals surface area contributed by atoms with Crippen LogP contribution in [-0.2, 0) is 0 Å². The van der Waals surface area contributed by atoms with E-state index >= 15 is 0 Å². The van der Waals surface area contributed by atoms with E-state index in [4.69, 9.17) is 16.9 Å². The third-order valence-electron chi connectivity index (χ3n) is 3.36. The molecule has 0 saturated carbocycles. The quantitative estimate of drug-likeness (QED) is 0.455. The molecular formula is C22H18ClN. The van der Waals surface area contributed by atoms with Gasteiger partial charge in [0.05, 0.1) is 6.07 Å². The van der Waals surface area contributed by atoms with Gasteiger partial charge in [-0.1, -0.05) is 84.4 Å². The molecule has 0 aromatic heterocycles. The van der Waals surface area contributed by atoms with Gasteiger partial charge in [-0.2, -0.15) is 5.26 Å². The largest absolute Gasteiger partial charge is 0.193 e. The minimum absolute atomic E-state index is 0.730. The number of hydrogen-bond acceptors (Lipinski definition) is 1. The van der Waals surface area contributed by atoms with Crippen molar-refractivity contribution in [2.24, 2.45) is 0 Å². The maximum Gasteiger partial charge on any atom is 0.0914 e. The summed E-state index contributed by atoms with van der Waals surface area (Å²) in [5.41, 5.74) is 4.23. The summed E-state index contributed by atoms with van der Waals surface area (Å²) in [6.45, 7) is 1.90. The van der Waals surface area contributed by atoms with E-state index in [1.165, 1.54) is 6.08 Å². The van der Waals surface area contributed by atoms with E-state index in [1.54, 1.807) is 0 Å². The molecule has 2 aromatic carbocycles. The van der Waals surface area contributed by atoms with Crippen LogP contribution in [0.4, 0.5) is 0 Å². The molecule has 0 aliphatic rings. The van der Waals surface area contributed by atoms with Gasteiger partial charge in [-0.15, -0.1) is 0 Å². The zero-order chi connectivity index (χ0) is 17.2. The lowest BCUT2D eigenvalue weighted by Gasteiger charge is -2.02. The van der Waals surface area contributed by atoms with Gasteiger partial charge in [-0.05, 0) is 41.3 Å². The second-order valence-electron chi connectivity index (χ2n) is 5.25. The molecule has 2 heteroatoms. The monoisotopic (exact) mass is 331 g/mol. The number of allylic oxidation sites excluding steroid dienone is 7. The van der Waals surface area contributed by atoms with Crippen LogP contribution in [0.5, 0.6) is 0 Å². The van der Waals surface area contributed by atoms with Crippen LogP contribution in [0.25, 0.3) is 11.6 Å². The van der Waals surface area contributed by atoms with Crippen molar-refractivity contribution in [2.45, 2.75) is 6.92 Å². The topological polar surface area (TPSA) is 23.8 Å². The minimum Gasteiger partial charge on any atom is -0.193 e. The first kappa shape index (κ1) is 17.5. The molecule has 0 spiro atoms. The van der Waals surface area contributed by atoms with Gasteiger partial charge in [0.25, 0.3) is 0 Å². The first-order valence-electron chi connectivity index (χ1n) is 7.63. The fraction of sp³-hybridized carbons (Fsp3) is 0.0455. The lowest BCUT2D eigenvalue weighted by atomic mass is 10.0. The molecule has 118 valence electrons. The second-order valence-corrected chi connectivity index (χ2v) is 5.69. The number of nitrogens with zero attached hydrogens (tertiary/aromatic N) is 1. The predicted molar refractivity (Wildman–Crippen MR) is 103 cm³/mol. The molecular weight excluding hydrogens is 314 g/mol. The summed E-state index contributed by atoms with van der Waals surface area (Å²) in [6.07, 6.45) is 11.6. The Morgan fingerprint density at radius 1 is 1.00 bits per heavy atom. The van der Waals surface area contributed by atoms with E-state index in [0.717, 1.165) is 27.3 Å². The smallest absolute Gasteiger partial charge is 0.0914 e. The highest BCUT2D eigenvalue weighted by Gasteiger charge is 1.96. The zero-order valence-corrected chi connectivity index (χ0v) is 14.2. The molecule has 2 aromatic rings. The van der Waals surface area contributed by atoms with Crippen molar-refractivity contribution in [1.82, 2.24) is 0 Å². The number of hydrogen-bond donors (Lipinski definition) is 0. The lowest BCUT2D eigenvalue weighted by molar-refractivity contribution is 1.48. The van der Waals surface area contributed by atoms with Gasteiger partial charge in [0, 0.05) is 11.1 Å². The molecule has 0 unspecified atom stereocenters. The van der Waals surface area contributed by atoms with Crippen molar-refractivity contribution in [1.29, 1.82) is 5.26 Å². The molecule has 0 heterocycles. The van der Waals surface area contributed by atoms with Gasteiger partial charge < -0.3 is 0 Å². The number of rotatable bonds is 5. The number of halogens is 1. The first-order valence-corrected chi connectivity index (χ1v) is 8.00. The van der Waals surface area contributed by atoms with Crippen LogP contribution in [0.2, 0.25) is 5.02 Å². The van der Waals surface area contributed by atoms with Crippen LogP contribution in [-0.4, -0.2) is 0 Å². The van der Waals surface area contributed by atoms with Crippen molar-refractivity contribution < 1.29 is 0 Å². The Bertz CT molecular complexity index is 817. The van der Waals surface area contributed by atoms with Crippen LogP contribution < -0.4 is 0 Å². The number of nitriles is 1. The van der Waals surface area contributed by atoms with Crippen LogP contribution in [0, 0.1) is 11.3 Å². The summed E-state index contributed by atoms with van der Waals surface area (Å²) in [7, 11) is 0. The molecule has 0 amide bonds. The molecule has 0 radical (unpaired) electrons. The maximum absolute atomic E-state index is 8.66. The Labute approximate surface area is 148 Å².